The van der Waals surface area contributed by atoms with E-state index in [2.05, 4.69) is 25.9 Å². The first kappa shape index (κ1) is 12.8. The van der Waals surface area contributed by atoms with Gasteiger partial charge in [-0.25, -0.2) is 23.1 Å². The van der Waals surface area contributed by atoms with E-state index >= 15 is 0 Å². The van der Waals surface area contributed by atoms with Crippen LogP contribution in [0.3, 0.4) is 0 Å². The van der Waals surface area contributed by atoms with Crippen molar-refractivity contribution in [1.29, 1.82) is 0 Å². The molecule has 2 rings (SSSR count). The quantitative estimate of drug-likeness (QED) is 0.921. The number of rotatable bonds is 2. The number of hydrogen-bond acceptors (Lipinski definition) is 3. The van der Waals surface area contributed by atoms with Gasteiger partial charge in [-0.2, -0.15) is 0 Å². The number of nitrogens with zero attached hydrogens (tertiary/aromatic N) is 2. The van der Waals surface area contributed by atoms with Crippen LogP contribution in [0.25, 0.3) is 11.4 Å². The maximum absolute atomic E-state index is 13.1. The highest BCUT2D eigenvalue weighted by molar-refractivity contribution is 9.10. The van der Waals surface area contributed by atoms with E-state index in [0.29, 0.717) is 5.56 Å². The van der Waals surface area contributed by atoms with Gasteiger partial charge in [-0.1, -0.05) is 0 Å². The Morgan fingerprint density at radius 2 is 2.00 bits per heavy atom. The first-order valence-electron chi connectivity index (χ1n) is 4.85. The summed E-state index contributed by atoms with van der Waals surface area (Å²) in [5.74, 6) is -0.386. The monoisotopic (exact) mass is 317 g/mol. The average molecular weight is 318 g/mol. The number of aromatic nitrogens is 2. The number of nitrogens with two attached hydrogens (primary N) is 1. The molecule has 1 aromatic heterocycles. The van der Waals surface area contributed by atoms with Crippen LogP contribution in [0.1, 0.15) is 12.1 Å². The SMILES string of the molecule is Nc1cnc(-c2ccc(F)c(Br)c2)nc1C(F)F. The van der Waals surface area contributed by atoms with E-state index < -0.39 is 17.9 Å². The predicted molar refractivity (Wildman–Crippen MR) is 64.5 cm³/mol. The molecule has 0 amide bonds. The minimum absolute atomic E-state index is 0.0696. The third kappa shape index (κ3) is 2.45. The molecule has 0 radical (unpaired) electrons. The standard InChI is InChI=1S/C11H7BrF3N3/c12-6-3-5(1-2-7(6)13)11-17-4-8(16)9(18-11)10(14)15/h1-4,10H,16H2. The fourth-order valence-electron chi connectivity index (χ4n) is 1.35. The highest BCUT2D eigenvalue weighted by atomic mass is 79.9. The van der Waals surface area contributed by atoms with Crippen LogP contribution < -0.4 is 5.73 Å². The summed E-state index contributed by atoms with van der Waals surface area (Å²) in [5.41, 5.74) is 5.07. The average Bonchev–Trinajstić information content (AvgIpc) is 2.33. The molecule has 0 unspecified atom stereocenters. The summed E-state index contributed by atoms with van der Waals surface area (Å²) in [7, 11) is 0. The molecular weight excluding hydrogens is 311 g/mol. The number of halogens is 4. The zero-order valence-corrected chi connectivity index (χ0v) is 10.5. The molecule has 3 nitrogen and oxygen atoms in total. The summed E-state index contributed by atoms with van der Waals surface area (Å²) in [6.07, 6.45) is -1.67. The Kier molecular flexibility index (Phi) is 3.51. The molecule has 7 heteroatoms. The largest absolute Gasteiger partial charge is 0.396 e. The molecule has 0 spiro atoms. The Bertz CT molecular complexity index is 590. The van der Waals surface area contributed by atoms with Crippen LogP contribution in [0, 0.1) is 5.82 Å². The first-order valence-corrected chi connectivity index (χ1v) is 5.64. The van der Waals surface area contributed by atoms with Crippen molar-refractivity contribution in [2.75, 3.05) is 5.73 Å². The summed E-state index contributed by atoms with van der Waals surface area (Å²) < 4.78 is 38.5. The van der Waals surface area contributed by atoms with E-state index in [-0.39, 0.29) is 16.0 Å². The van der Waals surface area contributed by atoms with E-state index in [4.69, 9.17) is 5.73 Å². The van der Waals surface area contributed by atoms with Crippen LogP contribution in [-0.2, 0) is 0 Å². The van der Waals surface area contributed by atoms with Gasteiger partial charge in [0.05, 0.1) is 16.4 Å². The molecule has 0 bridgehead atoms. The van der Waals surface area contributed by atoms with Gasteiger partial charge >= 0.3 is 0 Å². The third-order valence-corrected chi connectivity index (χ3v) is 2.84. The Morgan fingerprint density at radius 3 is 2.61 bits per heavy atom. The van der Waals surface area contributed by atoms with Crippen LogP contribution in [0.4, 0.5) is 18.9 Å². The first-order chi connectivity index (χ1) is 8.49. The lowest BCUT2D eigenvalue weighted by Gasteiger charge is -2.06. The van der Waals surface area contributed by atoms with Gasteiger partial charge in [0.2, 0.25) is 0 Å². The van der Waals surface area contributed by atoms with Crippen LogP contribution in [-0.4, -0.2) is 9.97 Å². The fourth-order valence-corrected chi connectivity index (χ4v) is 1.73. The maximum atomic E-state index is 13.1. The van der Waals surface area contributed by atoms with E-state index in [1.54, 1.807) is 0 Å². The number of anilines is 1. The Labute approximate surface area is 109 Å². The van der Waals surface area contributed by atoms with Crippen molar-refractivity contribution >= 4 is 21.6 Å². The molecule has 1 heterocycles. The molecule has 2 N–H and O–H groups in total. The van der Waals surface area contributed by atoms with Gasteiger partial charge in [0, 0.05) is 5.56 Å². The zero-order valence-electron chi connectivity index (χ0n) is 8.87. The van der Waals surface area contributed by atoms with E-state index in [1.807, 2.05) is 0 Å². The van der Waals surface area contributed by atoms with Crippen molar-refractivity contribution in [2.45, 2.75) is 6.43 Å². The lowest BCUT2D eigenvalue weighted by molar-refractivity contribution is 0.147. The summed E-state index contributed by atoms with van der Waals surface area (Å²) in [5, 5.41) is 0. The molecule has 18 heavy (non-hydrogen) atoms. The van der Waals surface area contributed by atoms with Crippen LogP contribution in [0.15, 0.2) is 28.9 Å². The summed E-state index contributed by atoms with van der Waals surface area (Å²) in [6.45, 7) is 0. The van der Waals surface area contributed by atoms with Crippen molar-refractivity contribution in [3.8, 4) is 11.4 Å². The zero-order chi connectivity index (χ0) is 13.3. The van der Waals surface area contributed by atoms with Gasteiger partial charge < -0.3 is 5.73 Å². The van der Waals surface area contributed by atoms with E-state index in [1.165, 1.54) is 18.2 Å². The minimum atomic E-state index is -2.78. The van der Waals surface area contributed by atoms with Crippen molar-refractivity contribution in [3.63, 3.8) is 0 Å². The Balaban J connectivity index is 2.50. The Hall–Kier alpha value is -1.63. The molecular formula is C11H7BrF3N3. The highest BCUT2D eigenvalue weighted by Gasteiger charge is 2.15. The maximum Gasteiger partial charge on any atom is 0.282 e. The van der Waals surface area contributed by atoms with Gasteiger partial charge in [0.1, 0.15) is 11.5 Å². The number of alkyl halides is 2. The third-order valence-electron chi connectivity index (χ3n) is 2.23. The molecule has 0 atom stereocenters. The van der Waals surface area contributed by atoms with Gasteiger partial charge in [-0.3, -0.25) is 0 Å². The highest BCUT2D eigenvalue weighted by Crippen LogP contribution is 2.27. The smallest absolute Gasteiger partial charge is 0.282 e. The number of hydrogen-bond donors (Lipinski definition) is 1. The lowest BCUT2D eigenvalue weighted by Crippen LogP contribution is -2.02. The second kappa shape index (κ2) is 4.93. The second-order valence-electron chi connectivity index (χ2n) is 3.46. The normalized spacial score (nSPS) is 10.9. The van der Waals surface area contributed by atoms with Crippen LogP contribution in [0.5, 0.6) is 0 Å². The van der Waals surface area contributed by atoms with Gasteiger partial charge in [0.25, 0.3) is 6.43 Å². The van der Waals surface area contributed by atoms with E-state index in [9.17, 15) is 13.2 Å². The number of nitrogen functional groups attached to an aromatic ring is 1. The molecule has 0 fully saturated rings. The summed E-state index contributed by atoms with van der Waals surface area (Å²) in [6, 6.07) is 4.01. The number of benzene rings is 1. The van der Waals surface area contributed by atoms with Gasteiger partial charge in [-0.15, -0.1) is 0 Å². The molecule has 0 saturated heterocycles. The van der Waals surface area contributed by atoms with Crippen LogP contribution >= 0.6 is 15.9 Å². The van der Waals surface area contributed by atoms with E-state index in [0.717, 1.165) is 6.20 Å². The van der Waals surface area contributed by atoms with Crippen molar-refractivity contribution in [3.05, 3.63) is 40.4 Å². The van der Waals surface area contributed by atoms with Crippen molar-refractivity contribution < 1.29 is 13.2 Å². The topological polar surface area (TPSA) is 51.8 Å². The van der Waals surface area contributed by atoms with Crippen molar-refractivity contribution in [2.24, 2.45) is 0 Å². The molecule has 0 saturated carbocycles. The molecule has 0 aliphatic carbocycles. The summed E-state index contributed by atoms with van der Waals surface area (Å²) >= 11 is 3.00. The van der Waals surface area contributed by atoms with Crippen molar-refractivity contribution in [1.82, 2.24) is 9.97 Å². The summed E-state index contributed by atoms with van der Waals surface area (Å²) in [4.78, 5) is 7.53. The molecule has 1 aromatic carbocycles. The molecule has 94 valence electrons. The Morgan fingerprint density at radius 1 is 1.28 bits per heavy atom. The second-order valence-corrected chi connectivity index (χ2v) is 4.32. The molecule has 0 aliphatic rings. The van der Waals surface area contributed by atoms with Crippen LogP contribution in [0.2, 0.25) is 0 Å². The molecule has 2 aromatic rings. The predicted octanol–water partition coefficient (Wildman–Crippen LogP) is 3.57. The molecule has 0 aliphatic heterocycles. The van der Waals surface area contributed by atoms with Gasteiger partial charge in [0.15, 0.2) is 5.82 Å². The fraction of sp³-hybridized carbons (Fsp3) is 0.0909. The van der Waals surface area contributed by atoms with Gasteiger partial charge in [-0.05, 0) is 34.1 Å². The minimum Gasteiger partial charge on any atom is -0.396 e. The lowest BCUT2D eigenvalue weighted by atomic mass is 10.2.